The number of benzene rings is 1. The Morgan fingerprint density at radius 1 is 1.21 bits per heavy atom. The van der Waals surface area contributed by atoms with Crippen LogP contribution in [0.15, 0.2) is 42.0 Å². The Hall–Kier alpha value is -2.27. The molecular formula is C14H11N3OS. The van der Waals surface area contributed by atoms with Crippen LogP contribution in [0, 0.1) is 6.92 Å². The maximum absolute atomic E-state index is 12.1. The maximum atomic E-state index is 12.1. The van der Waals surface area contributed by atoms with Crippen LogP contribution in [-0.4, -0.2) is 15.9 Å². The molecule has 0 aliphatic heterocycles. The summed E-state index contributed by atoms with van der Waals surface area (Å²) in [7, 11) is 0. The summed E-state index contributed by atoms with van der Waals surface area (Å²) in [5.41, 5.74) is 4.35. The topological polar surface area (TPSA) is 54.9 Å². The minimum Gasteiger partial charge on any atom is -0.307 e. The molecular weight excluding hydrogens is 258 g/mol. The van der Waals surface area contributed by atoms with Crippen molar-refractivity contribution in [1.82, 2.24) is 9.97 Å². The number of fused-ring (bicyclic) bond motifs is 1. The first-order valence-electron chi connectivity index (χ1n) is 5.79. The van der Waals surface area contributed by atoms with Gasteiger partial charge in [0.25, 0.3) is 5.91 Å². The lowest BCUT2D eigenvalue weighted by atomic mass is 10.2. The number of hydrogen-bond donors (Lipinski definition) is 1. The highest BCUT2D eigenvalue weighted by Gasteiger charge is 2.08. The molecule has 0 aliphatic rings. The van der Waals surface area contributed by atoms with Gasteiger partial charge in [-0.15, -0.1) is 11.3 Å². The van der Waals surface area contributed by atoms with Gasteiger partial charge in [0.05, 0.1) is 15.7 Å². The van der Waals surface area contributed by atoms with Crippen molar-refractivity contribution in [2.45, 2.75) is 6.92 Å². The van der Waals surface area contributed by atoms with Gasteiger partial charge in [0.15, 0.2) is 0 Å². The standard InChI is InChI=1S/C14H11N3OS/c1-9-2-5-13(15-7-9)17-14(18)10-3-4-11-12(6-10)19-8-16-11/h2-8H,1H3,(H,15,17,18). The molecule has 0 aliphatic carbocycles. The van der Waals surface area contributed by atoms with Crippen LogP contribution in [-0.2, 0) is 0 Å². The minimum absolute atomic E-state index is 0.161. The zero-order chi connectivity index (χ0) is 13.2. The van der Waals surface area contributed by atoms with Gasteiger partial charge in [-0.2, -0.15) is 0 Å². The van der Waals surface area contributed by atoms with Crippen molar-refractivity contribution in [2.75, 3.05) is 5.32 Å². The predicted molar refractivity (Wildman–Crippen MR) is 76.5 cm³/mol. The van der Waals surface area contributed by atoms with Gasteiger partial charge in [-0.3, -0.25) is 4.79 Å². The third-order valence-electron chi connectivity index (χ3n) is 2.75. The summed E-state index contributed by atoms with van der Waals surface area (Å²) in [5, 5.41) is 2.78. The van der Waals surface area contributed by atoms with E-state index in [1.807, 2.05) is 25.1 Å². The van der Waals surface area contributed by atoms with Crippen LogP contribution in [0.5, 0.6) is 0 Å². The van der Waals surface area contributed by atoms with Gasteiger partial charge in [-0.1, -0.05) is 6.07 Å². The molecule has 1 aromatic carbocycles. The van der Waals surface area contributed by atoms with Crippen LogP contribution in [0.2, 0.25) is 0 Å². The predicted octanol–water partition coefficient (Wildman–Crippen LogP) is 3.25. The Bertz CT molecular complexity index is 734. The van der Waals surface area contributed by atoms with Crippen LogP contribution < -0.4 is 5.32 Å². The van der Waals surface area contributed by atoms with Crippen molar-refractivity contribution in [1.29, 1.82) is 0 Å². The summed E-state index contributed by atoms with van der Waals surface area (Å²) in [6.45, 7) is 1.95. The number of pyridine rings is 1. The molecule has 4 nitrogen and oxygen atoms in total. The lowest BCUT2D eigenvalue weighted by Crippen LogP contribution is -2.12. The van der Waals surface area contributed by atoms with E-state index in [0.717, 1.165) is 15.8 Å². The van der Waals surface area contributed by atoms with E-state index in [1.165, 1.54) is 11.3 Å². The first-order valence-corrected chi connectivity index (χ1v) is 6.67. The van der Waals surface area contributed by atoms with E-state index >= 15 is 0 Å². The number of amides is 1. The second-order valence-corrected chi connectivity index (χ2v) is 5.10. The molecule has 5 heteroatoms. The number of hydrogen-bond acceptors (Lipinski definition) is 4. The molecule has 0 unspecified atom stereocenters. The van der Waals surface area contributed by atoms with E-state index in [2.05, 4.69) is 15.3 Å². The number of carbonyl (C=O) groups excluding carboxylic acids is 1. The maximum Gasteiger partial charge on any atom is 0.256 e. The third kappa shape index (κ3) is 2.46. The molecule has 19 heavy (non-hydrogen) atoms. The fraction of sp³-hybridized carbons (Fsp3) is 0.0714. The first kappa shape index (κ1) is 11.8. The van der Waals surface area contributed by atoms with Gasteiger partial charge in [-0.05, 0) is 36.8 Å². The lowest BCUT2D eigenvalue weighted by Gasteiger charge is -2.04. The van der Waals surface area contributed by atoms with Crippen molar-refractivity contribution >= 4 is 33.3 Å². The average Bonchev–Trinajstić information content (AvgIpc) is 2.88. The van der Waals surface area contributed by atoms with Crippen molar-refractivity contribution in [2.24, 2.45) is 0 Å². The van der Waals surface area contributed by atoms with E-state index in [1.54, 1.807) is 23.8 Å². The molecule has 0 fully saturated rings. The molecule has 0 saturated heterocycles. The van der Waals surface area contributed by atoms with Crippen molar-refractivity contribution in [3.05, 3.63) is 53.2 Å². The molecule has 94 valence electrons. The zero-order valence-corrected chi connectivity index (χ0v) is 11.1. The van der Waals surface area contributed by atoms with Gasteiger partial charge in [-0.25, -0.2) is 9.97 Å². The lowest BCUT2D eigenvalue weighted by molar-refractivity contribution is 0.102. The highest BCUT2D eigenvalue weighted by atomic mass is 32.1. The van der Waals surface area contributed by atoms with Crippen molar-refractivity contribution in [3.63, 3.8) is 0 Å². The van der Waals surface area contributed by atoms with E-state index < -0.39 is 0 Å². The van der Waals surface area contributed by atoms with Gasteiger partial charge in [0.2, 0.25) is 0 Å². The smallest absolute Gasteiger partial charge is 0.256 e. The molecule has 0 radical (unpaired) electrons. The van der Waals surface area contributed by atoms with Gasteiger partial charge in [0.1, 0.15) is 5.82 Å². The van der Waals surface area contributed by atoms with Gasteiger partial charge in [0, 0.05) is 11.8 Å². The normalized spacial score (nSPS) is 10.6. The second-order valence-electron chi connectivity index (χ2n) is 4.21. The fourth-order valence-electron chi connectivity index (χ4n) is 1.73. The summed E-state index contributed by atoms with van der Waals surface area (Å²) >= 11 is 1.52. The molecule has 1 N–H and O–H groups in total. The number of thiazole rings is 1. The van der Waals surface area contributed by atoms with E-state index in [0.29, 0.717) is 11.4 Å². The Morgan fingerprint density at radius 2 is 2.11 bits per heavy atom. The van der Waals surface area contributed by atoms with E-state index in [-0.39, 0.29) is 5.91 Å². The number of anilines is 1. The van der Waals surface area contributed by atoms with Crippen molar-refractivity contribution in [3.8, 4) is 0 Å². The van der Waals surface area contributed by atoms with Crippen LogP contribution in [0.25, 0.3) is 10.2 Å². The Balaban J connectivity index is 1.84. The molecule has 2 aromatic heterocycles. The Morgan fingerprint density at radius 3 is 2.89 bits per heavy atom. The fourth-order valence-corrected chi connectivity index (χ4v) is 2.44. The Kier molecular flexibility index (Phi) is 2.97. The van der Waals surface area contributed by atoms with E-state index in [4.69, 9.17) is 0 Å². The molecule has 2 heterocycles. The average molecular weight is 269 g/mol. The first-order chi connectivity index (χ1) is 9.22. The molecule has 0 bridgehead atoms. The molecule has 3 aromatic rings. The summed E-state index contributed by atoms with van der Waals surface area (Å²) in [6.07, 6.45) is 1.72. The number of rotatable bonds is 2. The van der Waals surface area contributed by atoms with Crippen LogP contribution in [0.4, 0.5) is 5.82 Å². The summed E-state index contributed by atoms with van der Waals surface area (Å²) in [4.78, 5) is 20.4. The number of nitrogens with one attached hydrogen (secondary N) is 1. The van der Waals surface area contributed by atoms with E-state index in [9.17, 15) is 4.79 Å². The largest absolute Gasteiger partial charge is 0.307 e. The second kappa shape index (κ2) is 4.78. The minimum atomic E-state index is -0.161. The number of aryl methyl sites for hydroxylation is 1. The number of carbonyl (C=O) groups is 1. The molecule has 1 amide bonds. The third-order valence-corrected chi connectivity index (χ3v) is 3.54. The highest BCUT2D eigenvalue weighted by Crippen LogP contribution is 2.19. The van der Waals surface area contributed by atoms with Gasteiger partial charge >= 0.3 is 0 Å². The van der Waals surface area contributed by atoms with Crippen LogP contribution in [0.1, 0.15) is 15.9 Å². The molecule has 0 spiro atoms. The molecule has 0 atom stereocenters. The summed E-state index contributed by atoms with van der Waals surface area (Å²) < 4.78 is 1.00. The Labute approximate surface area is 114 Å². The van der Waals surface area contributed by atoms with Crippen molar-refractivity contribution < 1.29 is 4.79 Å². The number of aromatic nitrogens is 2. The molecule has 0 saturated carbocycles. The monoisotopic (exact) mass is 269 g/mol. The summed E-state index contributed by atoms with van der Waals surface area (Å²) in [6, 6.07) is 9.17. The number of nitrogens with zero attached hydrogens (tertiary/aromatic N) is 2. The quantitative estimate of drug-likeness (QED) is 0.777. The molecule has 3 rings (SSSR count). The van der Waals surface area contributed by atoms with Crippen LogP contribution >= 0.6 is 11.3 Å². The zero-order valence-electron chi connectivity index (χ0n) is 10.3. The summed E-state index contributed by atoms with van der Waals surface area (Å²) in [5.74, 6) is 0.395. The SMILES string of the molecule is Cc1ccc(NC(=O)c2ccc3ncsc3c2)nc1. The van der Waals surface area contributed by atoms with Crippen LogP contribution in [0.3, 0.4) is 0 Å². The van der Waals surface area contributed by atoms with Gasteiger partial charge < -0.3 is 5.32 Å². The highest BCUT2D eigenvalue weighted by molar-refractivity contribution is 7.16.